The van der Waals surface area contributed by atoms with Gasteiger partial charge in [0.15, 0.2) is 10.6 Å². The van der Waals surface area contributed by atoms with Crippen LogP contribution >= 0.6 is 12.2 Å². The van der Waals surface area contributed by atoms with Gasteiger partial charge in [0.25, 0.3) is 0 Å². The highest BCUT2D eigenvalue weighted by molar-refractivity contribution is 7.71. The Morgan fingerprint density at radius 3 is 2.93 bits per heavy atom. The Bertz CT molecular complexity index is 859. The molecule has 8 heteroatoms. The maximum Gasteiger partial charge on any atom is 0.310 e. The van der Waals surface area contributed by atoms with Crippen molar-refractivity contribution in [1.29, 1.82) is 0 Å². The van der Waals surface area contributed by atoms with E-state index in [0.717, 1.165) is 48.4 Å². The molecule has 0 aromatic carbocycles. The second-order valence-corrected chi connectivity index (χ2v) is 7.62. The molecule has 144 valence electrons. The Kier molecular flexibility index (Phi) is 5.36. The maximum absolute atomic E-state index is 12.1. The molecular formula is C19H25N5O2S. The summed E-state index contributed by atoms with van der Waals surface area (Å²) in [4.78, 5) is 18.6. The van der Waals surface area contributed by atoms with Crippen molar-refractivity contribution in [2.45, 2.75) is 45.3 Å². The highest BCUT2D eigenvalue weighted by Gasteiger charge is 2.31. The van der Waals surface area contributed by atoms with E-state index in [1.54, 1.807) is 6.20 Å². The van der Waals surface area contributed by atoms with Gasteiger partial charge in [-0.25, -0.2) is 4.68 Å². The molecule has 1 aliphatic heterocycles. The van der Waals surface area contributed by atoms with E-state index in [-0.39, 0.29) is 11.9 Å². The van der Waals surface area contributed by atoms with Crippen molar-refractivity contribution in [3.05, 3.63) is 29.3 Å². The van der Waals surface area contributed by atoms with Gasteiger partial charge >= 0.3 is 5.97 Å². The fraction of sp³-hybridized carbons (Fsp3) is 0.579. The fourth-order valence-electron chi connectivity index (χ4n) is 3.69. The van der Waals surface area contributed by atoms with Gasteiger partial charge in [0.2, 0.25) is 0 Å². The van der Waals surface area contributed by atoms with E-state index in [0.29, 0.717) is 25.9 Å². The molecule has 1 aliphatic carbocycles. The predicted molar refractivity (Wildman–Crippen MR) is 103 cm³/mol. The van der Waals surface area contributed by atoms with Crippen molar-refractivity contribution in [1.82, 2.24) is 24.2 Å². The Hall–Kier alpha value is -2.06. The van der Waals surface area contributed by atoms with E-state index in [4.69, 9.17) is 22.1 Å². The summed E-state index contributed by atoms with van der Waals surface area (Å²) >= 11 is 5.74. The van der Waals surface area contributed by atoms with Gasteiger partial charge in [0.05, 0.1) is 19.2 Å². The molecule has 3 heterocycles. The number of nitrogens with zero attached hydrogens (tertiary/aromatic N) is 5. The summed E-state index contributed by atoms with van der Waals surface area (Å²) in [6.45, 7) is 4.51. The molecule has 4 rings (SSSR count). The van der Waals surface area contributed by atoms with Crippen LogP contribution in [0.15, 0.2) is 24.5 Å². The molecule has 0 radical (unpaired) electrons. The third kappa shape index (κ3) is 3.96. The van der Waals surface area contributed by atoms with Crippen molar-refractivity contribution in [3.63, 3.8) is 0 Å². The molecule has 1 saturated carbocycles. The number of aromatic nitrogens is 4. The molecule has 2 fully saturated rings. The highest BCUT2D eigenvalue weighted by atomic mass is 32.1. The zero-order valence-electron chi connectivity index (χ0n) is 15.6. The van der Waals surface area contributed by atoms with Crippen molar-refractivity contribution < 1.29 is 9.53 Å². The van der Waals surface area contributed by atoms with Crippen LogP contribution in [-0.4, -0.2) is 49.9 Å². The first kappa shape index (κ1) is 18.3. The van der Waals surface area contributed by atoms with Gasteiger partial charge in [-0.3, -0.25) is 19.2 Å². The first-order valence-electron chi connectivity index (χ1n) is 9.66. The summed E-state index contributed by atoms with van der Waals surface area (Å²) in [5.74, 6) is 0.732. The van der Waals surface area contributed by atoms with Crippen LogP contribution in [0.5, 0.6) is 0 Å². The van der Waals surface area contributed by atoms with E-state index < -0.39 is 0 Å². The largest absolute Gasteiger partial charge is 0.466 e. The van der Waals surface area contributed by atoms with Crippen LogP contribution in [0.1, 0.15) is 38.6 Å². The quantitative estimate of drug-likeness (QED) is 0.561. The number of piperidine rings is 1. The third-order valence-electron chi connectivity index (χ3n) is 5.16. The lowest BCUT2D eigenvalue weighted by Crippen LogP contribution is -2.40. The number of ether oxygens (including phenoxy) is 1. The van der Waals surface area contributed by atoms with E-state index in [1.807, 2.05) is 29.9 Å². The fourth-order valence-corrected chi connectivity index (χ4v) is 4.03. The molecule has 2 aromatic rings. The summed E-state index contributed by atoms with van der Waals surface area (Å²) in [7, 11) is 0. The summed E-state index contributed by atoms with van der Waals surface area (Å²) in [5, 5.41) is 4.82. The average Bonchev–Trinajstić information content (AvgIpc) is 3.48. The molecular weight excluding hydrogens is 362 g/mol. The van der Waals surface area contributed by atoms with Crippen molar-refractivity contribution in [2.75, 3.05) is 19.7 Å². The Morgan fingerprint density at radius 1 is 1.37 bits per heavy atom. The number of carbonyl (C=O) groups excluding carboxylic acids is 1. The van der Waals surface area contributed by atoms with Gasteiger partial charge in [-0.15, -0.1) is 0 Å². The Labute approximate surface area is 164 Å². The van der Waals surface area contributed by atoms with Crippen LogP contribution in [0.2, 0.25) is 0 Å². The molecule has 0 amide bonds. The predicted octanol–water partition coefficient (Wildman–Crippen LogP) is 3.04. The number of rotatable bonds is 6. The van der Waals surface area contributed by atoms with Gasteiger partial charge in [-0.2, -0.15) is 5.10 Å². The zero-order chi connectivity index (χ0) is 18.8. The average molecular weight is 388 g/mol. The lowest BCUT2D eigenvalue weighted by molar-refractivity contribution is -0.150. The minimum absolute atomic E-state index is 0.0591. The summed E-state index contributed by atoms with van der Waals surface area (Å²) < 4.78 is 10.0. The molecule has 1 saturated heterocycles. The normalized spacial score (nSPS) is 20.6. The van der Waals surface area contributed by atoms with Crippen LogP contribution in [0.4, 0.5) is 0 Å². The second-order valence-electron chi connectivity index (χ2n) is 7.26. The minimum Gasteiger partial charge on any atom is -0.466 e. The van der Waals surface area contributed by atoms with Crippen LogP contribution in [0, 0.1) is 10.7 Å². The number of hydrogen-bond acceptors (Lipinski definition) is 6. The van der Waals surface area contributed by atoms with Gasteiger partial charge in [0, 0.05) is 30.5 Å². The third-order valence-corrected chi connectivity index (χ3v) is 5.57. The van der Waals surface area contributed by atoms with Crippen LogP contribution < -0.4 is 0 Å². The summed E-state index contributed by atoms with van der Waals surface area (Å²) in [5.41, 5.74) is 0.984. The van der Waals surface area contributed by atoms with Crippen molar-refractivity contribution in [3.8, 4) is 11.4 Å². The SMILES string of the molecule is CCOC(=O)C1CCCN(Cn2nc(-c3cccnc3)n(C3CC3)c2=S)C1. The molecule has 0 N–H and O–H groups in total. The van der Waals surface area contributed by atoms with Crippen molar-refractivity contribution in [2.24, 2.45) is 5.92 Å². The molecule has 1 atom stereocenters. The maximum atomic E-state index is 12.1. The number of likely N-dealkylation sites (tertiary alicyclic amines) is 1. The molecule has 0 spiro atoms. The number of pyridine rings is 1. The van der Waals surface area contributed by atoms with Crippen LogP contribution in [0.3, 0.4) is 0 Å². The smallest absolute Gasteiger partial charge is 0.310 e. The van der Waals surface area contributed by atoms with Gasteiger partial charge in [0.1, 0.15) is 0 Å². The topological polar surface area (TPSA) is 65.2 Å². The zero-order valence-corrected chi connectivity index (χ0v) is 16.4. The van der Waals surface area contributed by atoms with Gasteiger partial charge < -0.3 is 4.74 Å². The molecule has 2 aliphatic rings. The van der Waals surface area contributed by atoms with Gasteiger partial charge in [-0.05, 0) is 63.5 Å². The Morgan fingerprint density at radius 2 is 2.22 bits per heavy atom. The molecule has 7 nitrogen and oxygen atoms in total. The molecule has 0 bridgehead atoms. The second kappa shape index (κ2) is 7.90. The molecule has 27 heavy (non-hydrogen) atoms. The molecule has 2 aromatic heterocycles. The minimum atomic E-state index is -0.0923. The molecule has 1 unspecified atom stereocenters. The van der Waals surface area contributed by atoms with Crippen LogP contribution in [0.25, 0.3) is 11.4 Å². The number of esters is 1. The Balaban J connectivity index is 1.56. The van der Waals surface area contributed by atoms with E-state index in [1.165, 1.54) is 0 Å². The number of hydrogen-bond donors (Lipinski definition) is 0. The summed E-state index contributed by atoms with van der Waals surface area (Å²) in [6.07, 6.45) is 7.75. The lowest BCUT2D eigenvalue weighted by Gasteiger charge is -2.31. The van der Waals surface area contributed by atoms with Gasteiger partial charge in [-0.1, -0.05) is 0 Å². The van der Waals surface area contributed by atoms with E-state index in [9.17, 15) is 4.79 Å². The first-order chi connectivity index (χ1) is 13.2. The van der Waals surface area contributed by atoms with E-state index in [2.05, 4.69) is 14.5 Å². The summed E-state index contributed by atoms with van der Waals surface area (Å²) in [6, 6.07) is 4.38. The highest BCUT2D eigenvalue weighted by Crippen LogP contribution is 2.38. The standard InChI is InChI=1S/C19H25N5O2S/c1-2-26-18(25)15-6-4-10-22(12-15)13-23-19(27)24(16-7-8-16)17(21-23)14-5-3-9-20-11-14/h3,5,9,11,15-16H,2,4,6-8,10,12-13H2,1H3. The lowest BCUT2D eigenvalue weighted by atomic mass is 9.99. The van der Waals surface area contributed by atoms with Crippen LogP contribution in [-0.2, 0) is 16.2 Å². The first-order valence-corrected chi connectivity index (χ1v) is 10.1. The van der Waals surface area contributed by atoms with Crippen molar-refractivity contribution >= 4 is 18.2 Å². The van der Waals surface area contributed by atoms with E-state index >= 15 is 0 Å². The monoisotopic (exact) mass is 387 g/mol. The number of carbonyl (C=O) groups is 1.